The van der Waals surface area contributed by atoms with E-state index in [9.17, 15) is 14.7 Å². The third-order valence-electron chi connectivity index (χ3n) is 2.15. The van der Waals surface area contributed by atoms with Crippen molar-refractivity contribution >= 4 is 17.6 Å². The number of phenols is 1. The van der Waals surface area contributed by atoms with Crippen LogP contribution in [-0.4, -0.2) is 30.1 Å². The fourth-order valence-corrected chi connectivity index (χ4v) is 1.39. The van der Waals surface area contributed by atoms with Crippen LogP contribution in [0.2, 0.25) is 0 Å². The lowest BCUT2D eigenvalue weighted by atomic mass is 10.2. The van der Waals surface area contributed by atoms with Gasteiger partial charge in [0, 0.05) is 6.92 Å². The van der Waals surface area contributed by atoms with Crippen LogP contribution in [0, 0.1) is 0 Å². The highest BCUT2D eigenvalue weighted by Gasteiger charge is 2.18. The lowest BCUT2D eigenvalue weighted by molar-refractivity contribution is -0.142. The fourth-order valence-electron chi connectivity index (χ4n) is 1.39. The van der Waals surface area contributed by atoms with Gasteiger partial charge in [-0.15, -0.1) is 0 Å². The maximum absolute atomic E-state index is 11.4. The first-order valence-electron chi connectivity index (χ1n) is 5.28. The molecule has 5 heteroatoms. The predicted octanol–water partition coefficient (Wildman–Crippen LogP) is 1.31. The largest absolute Gasteiger partial charge is 0.506 e. The van der Waals surface area contributed by atoms with Gasteiger partial charge >= 0.3 is 5.97 Å². The quantitative estimate of drug-likeness (QED) is 0.802. The van der Waals surface area contributed by atoms with E-state index in [1.807, 2.05) is 0 Å². The minimum absolute atomic E-state index is 0.0491. The number of hydrogen-bond donors (Lipinski definition) is 1. The Labute approximate surface area is 99.6 Å². The molecule has 0 saturated carbocycles. The summed E-state index contributed by atoms with van der Waals surface area (Å²) in [6.07, 6.45) is 0. The standard InChI is InChI=1S/C12H15NO4/c1-3-17-12(16)8-13(9(2)14)10-6-4-5-7-11(10)15/h4-7,15H,3,8H2,1-2H3. The SMILES string of the molecule is CCOC(=O)CN(C(C)=O)c1ccccc1O. The highest BCUT2D eigenvalue weighted by molar-refractivity contribution is 5.97. The first-order chi connectivity index (χ1) is 8.06. The van der Waals surface area contributed by atoms with Crippen molar-refractivity contribution in [2.75, 3.05) is 18.1 Å². The summed E-state index contributed by atoms with van der Waals surface area (Å²) < 4.78 is 4.77. The number of nitrogens with zero attached hydrogens (tertiary/aromatic N) is 1. The average Bonchev–Trinajstić information content (AvgIpc) is 2.27. The van der Waals surface area contributed by atoms with Crippen LogP contribution in [0.4, 0.5) is 5.69 Å². The van der Waals surface area contributed by atoms with Crippen molar-refractivity contribution < 1.29 is 19.4 Å². The van der Waals surface area contributed by atoms with Crippen LogP contribution in [-0.2, 0) is 14.3 Å². The normalized spacial score (nSPS) is 9.76. The number of benzene rings is 1. The third kappa shape index (κ3) is 3.48. The van der Waals surface area contributed by atoms with Gasteiger partial charge in [-0.1, -0.05) is 12.1 Å². The molecule has 0 bridgehead atoms. The van der Waals surface area contributed by atoms with Gasteiger partial charge in [-0.2, -0.15) is 0 Å². The van der Waals surface area contributed by atoms with Gasteiger partial charge in [0.1, 0.15) is 12.3 Å². The molecule has 0 heterocycles. The van der Waals surface area contributed by atoms with Crippen LogP contribution < -0.4 is 4.90 Å². The smallest absolute Gasteiger partial charge is 0.326 e. The summed E-state index contributed by atoms with van der Waals surface area (Å²) in [5.41, 5.74) is 0.299. The number of carbonyl (C=O) groups is 2. The number of phenolic OH excluding ortho intramolecular Hbond substituents is 1. The third-order valence-corrected chi connectivity index (χ3v) is 2.15. The van der Waals surface area contributed by atoms with Crippen LogP contribution in [0.25, 0.3) is 0 Å². The van der Waals surface area contributed by atoms with Gasteiger partial charge < -0.3 is 9.84 Å². The number of esters is 1. The van der Waals surface area contributed by atoms with Crippen LogP contribution >= 0.6 is 0 Å². The van der Waals surface area contributed by atoms with E-state index in [-0.39, 0.29) is 24.8 Å². The molecule has 17 heavy (non-hydrogen) atoms. The molecule has 0 fully saturated rings. The van der Waals surface area contributed by atoms with Crippen molar-refractivity contribution in [2.24, 2.45) is 0 Å². The molecule has 0 unspecified atom stereocenters. The molecule has 0 saturated heterocycles. The molecular weight excluding hydrogens is 222 g/mol. The maximum Gasteiger partial charge on any atom is 0.326 e. The lowest BCUT2D eigenvalue weighted by Crippen LogP contribution is -2.34. The Balaban J connectivity index is 2.91. The van der Waals surface area contributed by atoms with E-state index in [0.717, 1.165) is 0 Å². The molecule has 92 valence electrons. The summed E-state index contributed by atoms with van der Waals surface area (Å²) >= 11 is 0. The average molecular weight is 237 g/mol. The summed E-state index contributed by atoms with van der Waals surface area (Å²) in [7, 11) is 0. The minimum Gasteiger partial charge on any atom is -0.506 e. The van der Waals surface area contributed by atoms with Gasteiger partial charge in [0.25, 0.3) is 0 Å². The number of ether oxygens (including phenoxy) is 1. The maximum atomic E-state index is 11.4. The van der Waals surface area contributed by atoms with Crippen molar-refractivity contribution in [1.82, 2.24) is 0 Å². The zero-order valence-electron chi connectivity index (χ0n) is 9.84. The van der Waals surface area contributed by atoms with E-state index < -0.39 is 5.97 Å². The van der Waals surface area contributed by atoms with Crippen molar-refractivity contribution in [1.29, 1.82) is 0 Å². The number of anilines is 1. The number of para-hydroxylation sites is 2. The molecule has 0 atom stereocenters. The molecule has 0 spiro atoms. The van der Waals surface area contributed by atoms with E-state index >= 15 is 0 Å². The van der Waals surface area contributed by atoms with Crippen LogP contribution in [0.1, 0.15) is 13.8 Å². The molecule has 1 aromatic carbocycles. The summed E-state index contributed by atoms with van der Waals surface area (Å²) in [5.74, 6) is -0.891. The van der Waals surface area contributed by atoms with Gasteiger partial charge in [-0.3, -0.25) is 14.5 Å². The Morgan fingerprint density at radius 2 is 2.00 bits per heavy atom. The molecule has 0 aliphatic carbocycles. The lowest BCUT2D eigenvalue weighted by Gasteiger charge is -2.20. The molecular formula is C12H15NO4. The first-order valence-corrected chi connectivity index (χ1v) is 5.28. The second kappa shape index (κ2) is 5.89. The number of hydrogen-bond acceptors (Lipinski definition) is 4. The van der Waals surface area contributed by atoms with Gasteiger partial charge in [-0.05, 0) is 19.1 Å². The van der Waals surface area contributed by atoms with Gasteiger partial charge in [-0.25, -0.2) is 0 Å². The molecule has 1 amide bonds. The fraction of sp³-hybridized carbons (Fsp3) is 0.333. The highest BCUT2D eigenvalue weighted by atomic mass is 16.5. The van der Waals surface area contributed by atoms with Gasteiger partial charge in [0.15, 0.2) is 0 Å². The molecule has 0 aliphatic heterocycles. The zero-order valence-corrected chi connectivity index (χ0v) is 9.84. The highest BCUT2D eigenvalue weighted by Crippen LogP contribution is 2.26. The Bertz CT molecular complexity index is 417. The van der Waals surface area contributed by atoms with Crippen molar-refractivity contribution in [2.45, 2.75) is 13.8 Å². The molecule has 1 aromatic rings. The van der Waals surface area contributed by atoms with E-state index in [0.29, 0.717) is 5.69 Å². The number of amides is 1. The van der Waals surface area contributed by atoms with Crippen molar-refractivity contribution in [3.8, 4) is 5.75 Å². The molecule has 0 aromatic heterocycles. The zero-order chi connectivity index (χ0) is 12.8. The van der Waals surface area contributed by atoms with E-state index in [4.69, 9.17) is 4.74 Å². The predicted molar refractivity (Wildman–Crippen MR) is 62.8 cm³/mol. The van der Waals surface area contributed by atoms with Crippen LogP contribution in [0.3, 0.4) is 0 Å². The summed E-state index contributed by atoms with van der Waals surface area (Å²) in [6.45, 7) is 3.06. The second-order valence-corrected chi connectivity index (χ2v) is 3.40. The summed E-state index contributed by atoms with van der Waals surface area (Å²) in [5, 5.41) is 9.63. The minimum atomic E-state index is -0.508. The van der Waals surface area contributed by atoms with Crippen LogP contribution in [0.5, 0.6) is 5.75 Å². The van der Waals surface area contributed by atoms with Gasteiger partial charge in [0.2, 0.25) is 5.91 Å². The molecule has 1 rings (SSSR count). The van der Waals surface area contributed by atoms with E-state index in [1.165, 1.54) is 17.9 Å². The topological polar surface area (TPSA) is 66.8 Å². The number of rotatable bonds is 4. The first kappa shape index (κ1) is 13.0. The molecule has 0 radical (unpaired) electrons. The monoisotopic (exact) mass is 237 g/mol. The van der Waals surface area contributed by atoms with Crippen molar-refractivity contribution in [3.63, 3.8) is 0 Å². The Hall–Kier alpha value is -2.04. The van der Waals surface area contributed by atoms with E-state index in [2.05, 4.69) is 0 Å². The Morgan fingerprint density at radius 1 is 1.35 bits per heavy atom. The Kier molecular flexibility index (Phi) is 4.51. The van der Waals surface area contributed by atoms with E-state index in [1.54, 1.807) is 25.1 Å². The molecule has 5 nitrogen and oxygen atoms in total. The molecule has 1 N–H and O–H groups in total. The number of carbonyl (C=O) groups excluding carboxylic acids is 2. The van der Waals surface area contributed by atoms with Crippen LogP contribution in [0.15, 0.2) is 24.3 Å². The van der Waals surface area contributed by atoms with Gasteiger partial charge in [0.05, 0.1) is 12.3 Å². The Morgan fingerprint density at radius 3 is 2.53 bits per heavy atom. The molecule has 0 aliphatic rings. The summed E-state index contributed by atoms with van der Waals surface area (Å²) in [6, 6.07) is 6.34. The van der Waals surface area contributed by atoms with Crippen molar-refractivity contribution in [3.05, 3.63) is 24.3 Å². The summed E-state index contributed by atoms with van der Waals surface area (Å²) in [4.78, 5) is 24.0. The number of aromatic hydroxyl groups is 1. The second-order valence-electron chi connectivity index (χ2n) is 3.40.